The van der Waals surface area contributed by atoms with Crippen molar-refractivity contribution in [3.63, 3.8) is 0 Å². The quantitative estimate of drug-likeness (QED) is 0.678. The van der Waals surface area contributed by atoms with Crippen LogP contribution in [0.5, 0.6) is 5.75 Å². The predicted octanol–water partition coefficient (Wildman–Crippen LogP) is 3.18. The van der Waals surface area contributed by atoms with Gasteiger partial charge in [0.25, 0.3) is 0 Å². The number of piperidine rings is 3. The van der Waals surface area contributed by atoms with Gasteiger partial charge in [-0.15, -0.1) is 0 Å². The first-order valence-corrected chi connectivity index (χ1v) is 10.2. The fourth-order valence-corrected chi connectivity index (χ4v) is 4.24. The van der Waals surface area contributed by atoms with E-state index in [1.54, 1.807) is 31.4 Å². The number of hydrogen-bond acceptors (Lipinski definition) is 6. The van der Waals surface area contributed by atoms with Crippen LogP contribution in [0, 0.1) is 5.92 Å². The lowest BCUT2D eigenvalue weighted by molar-refractivity contribution is -0.159. The molecule has 3 aliphatic rings. The Hall–Kier alpha value is -3.06. The normalized spacial score (nSPS) is 23.4. The SMILES string of the molecule is COc1ccc(C(Nc2cccc(C(=O)O)c2)C(=O)O[C@H]2CN3CCC2CC3)cc1. The summed E-state index contributed by atoms with van der Waals surface area (Å²) in [6, 6.07) is 12.9. The average molecular weight is 410 g/mol. The molecule has 3 heterocycles. The van der Waals surface area contributed by atoms with Crippen molar-refractivity contribution in [3.8, 4) is 5.75 Å². The monoisotopic (exact) mass is 410 g/mol. The summed E-state index contributed by atoms with van der Waals surface area (Å²) in [4.78, 5) is 26.9. The van der Waals surface area contributed by atoms with Crippen LogP contribution in [0.3, 0.4) is 0 Å². The molecule has 2 atom stereocenters. The van der Waals surface area contributed by atoms with Gasteiger partial charge in [-0.2, -0.15) is 0 Å². The summed E-state index contributed by atoms with van der Waals surface area (Å²) >= 11 is 0. The first kappa shape index (κ1) is 20.2. The molecule has 7 heteroatoms. The van der Waals surface area contributed by atoms with Crippen molar-refractivity contribution >= 4 is 17.6 Å². The zero-order chi connectivity index (χ0) is 21.1. The van der Waals surface area contributed by atoms with Crippen LogP contribution >= 0.6 is 0 Å². The first-order chi connectivity index (χ1) is 14.5. The van der Waals surface area contributed by atoms with Gasteiger partial charge < -0.3 is 19.9 Å². The molecule has 0 aliphatic carbocycles. The highest BCUT2D eigenvalue weighted by Crippen LogP contribution is 2.31. The number of nitrogens with one attached hydrogen (secondary N) is 1. The number of ether oxygens (including phenoxy) is 2. The zero-order valence-electron chi connectivity index (χ0n) is 16.9. The second-order valence-electron chi connectivity index (χ2n) is 7.85. The van der Waals surface area contributed by atoms with Gasteiger partial charge in [0.2, 0.25) is 0 Å². The highest BCUT2D eigenvalue weighted by Gasteiger charge is 2.38. The van der Waals surface area contributed by atoms with Gasteiger partial charge in [-0.3, -0.25) is 4.90 Å². The van der Waals surface area contributed by atoms with E-state index in [4.69, 9.17) is 9.47 Å². The molecule has 1 unspecified atom stereocenters. The summed E-state index contributed by atoms with van der Waals surface area (Å²) in [6.07, 6.45) is 2.01. The minimum absolute atomic E-state index is 0.104. The van der Waals surface area contributed by atoms with E-state index in [2.05, 4.69) is 10.2 Å². The van der Waals surface area contributed by atoms with E-state index >= 15 is 0 Å². The second kappa shape index (κ2) is 8.75. The second-order valence-corrected chi connectivity index (χ2v) is 7.85. The van der Waals surface area contributed by atoms with Crippen molar-refractivity contribution in [1.29, 1.82) is 0 Å². The van der Waals surface area contributed by atoms with Crippen LogP contribution in [-0.2, 0) is 9.53 Å². The molecule has 3 fully saturated rings. The average Bonchev–Trinajstić information content (AvgIpc) is 2.78. The molecule has 2 N–H and O–H groups in total. The standard InChI is InChI=1S/C23H26N2O5/c1-29-19-7-5-16(6-8-19)21(24-18-4-2-3-17(13-18)22(26)27)23(28)30-20-14-25-11-9-15(20)10-12-25/h2-8,13,15,20-21,24H,9-12,14H2,1H3,(H,26,27)/t20-,21?/m0/s1. The molecule has 0 spiro atoms. The number of anilines is 1. The molecular weight excluding hydrogens is 384 g/mol. The van der Waals surface area contributed by atoms with Gasteiger partial charge in [-0.25, -0.2) is 9.59 Å². The van der Waals surface area contributed by atoms with Crippen molar-refractivity contribution in [3.05, 3.63) is 59.7 Å². The van der Waals surface area contributed by atoms with E-state index in [1.807, 2.05) is 12.1 Å². The Bertz CT molecular complexity index is 906. The Kier molecular flexibility index (Phi) is 5.90. The third-order valence-electron chi connectivity index (χ3n) is 5.97. The summed E-state index contributed by atoms with van der Waals surface area (Å²) in [5.74, 6) is -0.281. The zero-order valence-corrected chi connectivity index (χ0v) is 16.9. The number of benzene rings is 2. The van der Waals surface area contributed by atoms with E-state index in [0.717, 1.165) is 38.0 Å². The smallest absolute Gasteiger partial charge is 0.335 e. The molecular formula is C23H26N2O5. The summed E-state index contributed by atoms with van der Waals surface area (Å²) in [7, 11) is 1.59. The third kappa shape index (κ3) is 4.41. The summed E-state index contributed by atoms with van der Waals surface area (Å²) < 4.78 is 11.2. The number of nitrogens with zero attached hydrogens (tertiary/aromatic N) is 1. The largest absolute Gasteiger partial charge is 0.497 e. The lowest BCUT2D eigenvalue weighted by Crippen LogP contribution is -2.52. The van der Waals surface area contributed by atoms with Crippen molar-refractivity contribution in [2.45, 2.75) is 25.0 Å². The van der Waals surface area contributed by atoms with E-state index in [-0.39, 0.29) is 17.6 Å². The predicted molar refractivity (Wildman–Crippen MR) is 112 cm³/mol. The number of carboxylic acids is 1. The van der Waals surface area contributed by atoms with Crippen LogP contribution in [0.25, 0.3) is 0 Å². The number of fused-ring (bicyclic) bond motifs is 3. The molecule has 0 aromatic heterocycles. The molecule has 0 radical (unpaired) electrons. The molecule has 7 nitrogen and oxygen atoms in total. The van der Waals surface area contributed by atoms with Gasteiger partial charge in [-0.05, 0) is 67.7 Å². The van der Waals surface area contributed by atoms with Crippen molar-refractivity contribution in [1.82, 2.24) is 4.90 Å². The molecule has 3 aliphatic heterocycles. The molecule has 2 aromatic carbocycles. The van der Waals surface area contributed by atoms with Crippen LogP contribution in [-0.4, -0.2) is 54.8 Å². The van der Waals surface area contributed by atoms with E-state index in [0.29, 0.717) is 17.4 Å². The van der Waals surface area contributed by atoms with Crippen molar-refractivity contribution in [2.24, 2.45) is 5.92 Å². The lowest BCUT2D eigenvalue weighted by atomic mass is 9.86. The Morgan fingerprint density at radius 2 is 1.87 bits per heavy atom. The Morgan fingerprint density at radius 3 is 2.47 bits per heavy atom. The van der Waals surface area contributed by atoms with Gasteiger partial charge in [0.15, 0.2) is 6.04 Å². The maximum Gasteiger partial charge on any atom is 0.335 e. The minimum Gasteiger partial charge on any atom is -0.497 e. The fourth-order valence-electron chi connectivity index (χ4n) is 4.24. The lowest BCUT2D eigenvalue weighted by Gasteiger charge is -2.44. The van der Waals surface area contributed by atoms with Gasteiger partial charge in [0.1, 0.15) is 11.9 Å². The molecule has 158 valence electrons. The third-order valence-corrected chi connectivity index (χ3v) is 5.97. The fraction of sp³-hybridized carbons (Fsp3) is 0.391. The maximum absolute atomic E-state index is 13.2. The van der Waals surface area contributed by atoms with Crippen LogP contribution in [0.1, 0.15) is 34.8 Å². The maximum atomic E-state index is 13.2. The van der Waals surface area contributed by atoms with Gasteiger partial charge in [0.05, 0.1) is 12.7 Å². The van der Waals surface area contributed by atoms with Crippen LogP contribution in [0.15, 0.2) is 48.5 Å². The summed E-state index contributed by atoms with van der Waals surface area (Å²) in [6.45, 7) is 2.92. The van der Waals surface area contributed by atoms with Crippen LogP contribution < -0.4 is 10.1 Å². The molecule has 0 amide bonds. The number of esters is 1. The van der Waals surface area contributed by atoms with Crippen molar-refractivity contribution in [2.75, 3.05) is 32.1 Å². The van der Waals surface area contributed by atoms with E-state index < -0.39 is 12.0 Å². The molecule has 3 saturated heterocycles. The molecule has 30 heavy (non-hydrogen) atoms. The van der Waals surface area contributed by atoms with Gasteiger partial charge in [0, 0.05) is 12.2 Å². The van der Waals surface area contributed by atoms with Crippen molar-refractivity contribution < 1.29 is 24.2 Å². The first-order valence-electron chi connectivity index (χ1n) is 10.2. The number of carboxylic acid groups (broad SMARTS) is 1. The van der Waals surface area contributed by atoms with E-state index in [9.17, 15) is 14.7 Å². The number of aromatic carboxylic acids is 1. The minimum atomic E-state index is -1.02. The summed E-state index contributed by atoms with van der Waals surface area (Å²) in [5, 5.41) is 12.4. The number of hydrogen-bond donors (Lipinski definition) is 2. The molecule has 2 bridgehead atoms. The van der Waals surface area contributed by atoms with Crippen LogP contribution in [0.4, 0.5) is 5.69 Å². The van der Waals surface area contributed by atoms with Gasteiger partial charge in [-0.1, -0.05) is 18.2 Å². The molecule has 2 aromatic rings. The Labute approximate surface area is 175 Å². The molecule has 5 rings (SSSR count). The Balaban J connectivity index is 1.57. The van der Waals surface area contributed by atoms with Gasteiger partial charge >= 0.3 is 11.9 Å². The summed E-state index contributed by atoms with van der Waals surface area (Å²) in [5.41, 5.74) is 1.42. The number of rotatable bonds is 7. The number of carbonyl (C=O) groups excluding carboxylic acids is 1. The van der Waals surface area contributed by atoms with E-state index in [1.165, 1.54) is 12.1 Å². The highest BCUT2D eigenvalue weighted by atomic mass is 16.5. The Morgan fingerprint density at radius 1 is 1.13 bits per heavy atom. The highest BCUT2D eigenvalue weighted by molar-refractivity contribution is 5.89. The molecule has 0 saturated carbocycles. The number of carbonyl (C=O) groups is 2. The van der Waals surface area contributed by atoms with Crippen LogP contribution in [0.2, 0.25) is 0 Å². The number of methoxy groups -OCH3 is 1. The topological polar surface area (TPSA) is 88.1 Å².